The van der Waals surface area contributed by atoms with Crippen LogP contribution < -0.4 is 38.5 Å². The summed E-state index contributed by atoms with van der Waals surface area (Å²) in [7, 11) is 0. The molecule has 0 saturated heterocycles. The fraction of sp³-hybridized carbons (Fsp3) is 0. The second-order valence-corrected chi connectivity index (χ2v) is 17.9. The van der Waals surface area contributed by atoms with E-state index in [9.17, 15) is 0 Å². The summed E-state index contributed by atoms with van der Waals surface area (Å²) in [6, 6.07) is 65.1. The van der Waals surface area contributed by atoms with Crippen molar-refractivity contribution in [3.63, 3.8) is 0 Å². The Morgan fingerprint density at radius 2 is 0.627 bits per heavy atom. The van der Waals surface area contributed by atoms with E-state index in [0.717, 1.165) is 25.6 Å². The molecule has 5 heteroatoms. The van der Waals surface area contributed by atoms with Gasteiger partial charge in [0.25, 0.3) is 0 Å². The van der Waals surface area contributed by atoms with E-state index in [4.69, 9.17) is 5.73 Å². The maximum Gasteiger partial charge on any atom is 0.246 e. The van der Waals surface area contributed by atoms with Crippen LogP contribution >= 0.6 is 31.9 Å². The molecule has 13 rings (SSSR count). The van der Waals surface area contributed by atoms with E-state index in [1.807, 2.05) is 0 Å². The van der Waals surface area contributed by atoms with Crippen LogP contribution in [0.3, 0.4) is 0 Å². The first-order valence-electron chi connectivity index (χ1n) is 20.3. The molecule has 59 heavy (non-hydrogen) atoms. The highest BCUT2D eigenvalue weighted by molar-refractivity contribution is 9.11. The summed E-state index contributed by atoms with van der Waals surface area (Å²) in [6.07, 6.45) is 0. The van der Waals surface area contributed by atoms with Gasteiger partial charge < -0.3 is 5.73 Å². The molecule has 2 N–H and O–H groups in total. The molecule has 0 aromatic heterocycles. The number of anilines is 1. The second-order valence-electron chi connectivity index (χ2n) is 16.2. The molecule has 0 radical (unpaired) electrons. The van der Waals surface area contributed by atoms with E-state index in [-0.39, 0.29) is 13.4 Å². The SMILES string of the molecule is Nc1c(B2c3ccc4c5ccccc5c5ccccc5c4c3-c3cccc(Br)c32)cccc1B1c2ccc3c4ccccc4c4ccccc4c3c2-c2cccc(Br)c21. The van der Waals surface area contributed by atoms with Crippen LogP contribution in [0.1, 0.15) is 0 Å². The van der Waals surface area contributed by atoms with Crippen molar-refractivity contribution in [3.05, 3.63) is 185 Å². The molecule has 11 aromatic carbocycles. The summed E-state index contributed by atoms with van der Waals surface area (Å²) in [5, 5.41) is 15.4. The zero-order chi connectivity index (χ0) is 39.1. The van der Waals surface area contributed by atoms with Crippen LogP contribution in [-0.2, 0) is 0 Å². The van der Waals surface area contributed by atoms with Gasteiger partial charge in [0.2, 0.25) is 13.4 Å². The number of rotatable bonds is 2. The number of halogens is 2. The minimum atomic E-state index is -0.0587. The number of nitrogen functional groups attached to an aromatic ring is 1. The van der Waals surface area contributed by atoms with Gasteiger partial charge in [0.05, 0.1) is 0 Å². The maximum atomic E-state index is 7.70. The normalized spacial score (nSPS) is 12.9. The second kappa shape index (κ2) is 12.4. The Bertz CT molecular complexity index is 3380. The Balaban J connectivity index is 1.09. The van der Waals surface area contributed by atoms with Crippen LogP contribution in [0.2, 0.25) is 0 Å². The number of para-hydroxylation sites is 1. The zero-order valence-electron chi connectivity index (χ0n) is 31.7. The molecular formula is C54H31B2Br2N. The first-order valence-corrected chi connectivity index (χ1v) is 21.8. The standard InChI is InChI=1S/C54H31B2Br2N/c57-46-24-9-20-40-50-42(28-26-38-34-16-3-1-12-30(34)32-14-5-7-18-36(32)48(38)50)55(52(40)46)44-22-11-23-45(54(44)59)56-43-29-27-39-35-17-4-2-13-31(35)33-15-6-8-19-37(33)49(39)51(43)41-21-10-25-47(58)53(41)56/h1-29H,59H2. The fourth-order valence-electron chi connectivity index (χ4n) is 11.2. The summed E-state index contributed by atoms with van der Waals surface area (Å²) < 4.78 is 2.20. The quantitative estimate of drug-likeness (QED) is 0.105. The molecule has 2 aliphatic heterocycles. The Hall–Kier alpha value is -6.13. The fourth-order valence-corrected chi connectivity index (χ4v) is 12.4. The lowest BCUT2D eigenvalue weighted by molar-refractivity contribution is 1.70. The van der Waals surface area contributed by atoms with E-state index in [2.05, 4.69) is 208 Å². The summed E-state index contributed by atoms with van der Waals surface area (Å²) in [4.78, 5) is 0. The summed E-state index contributed by atoms with van der Waals surface area (Å²) in [6.45, 7) is -0.117. The molecule has 0 amide bonds. The highest BCUT2D eigenvalue weighted by atomic mass is 79.9. The molecule has 0 atom stereocenters. The van der Waals surface area contributed by atoms with Crippen LogP contribution in [0, 0.1) is 0 Å². The Labute approximate surface area is 358 Å². The van der Waals surface area contributed by atoms with Gasteiger partial charge in [0.1, 0.15) is 0 Å². The largest absolute Gasteiger partial charge is 0.400 e. The molecule has 272 valence electrons. The maximum absolute atomic E-state index is 7.70. The van der Waals surface area contributed by atoms with E-state index >= 15 is 0 Å². The zero-order valence-corrected chi connectivity index (χ0v) is 34.9. The van der Waals surface area contributed by atoms with Crippen LogP contribution in [0.15, 0.2) is 185 Å². The smallest absolute Gasteiger partial charge is 0.246 e. The molecule has 0 unspecified atom stereocenters. The molecule has 0 fully saturated rings. The van der Waals surface area contributed by atoms with Crippen molar-refractivity contribution < 1.29 is 0 Å². The Kier molecular flexibility index (Phi) is 7.13. The molecule has 11 aromatic rings. The molecule has 1 nitrogen and oxygen atoms in total. The molecule has 0 aliphatic carbocycles. The van der Waals surface area contributed by atoms with Crippen LogP contribution in [0.25, 0.3) is 86.9 Å². The third-order valence-electron chi connectivity index (χ3n) is 13.5. The molecule has 0 bridgehead atoms. The van der Waals surface area contributed by atoms with Crippen molar-refractivity contribution in [3.8, 4) is 22.3 Å². The molecular weight excluding hydrogens is 844 g/mol. The highest BCUT2D eigenvalue weighted by Crippen LogP contribution is 2.43. The number of hydrogen-bond acceptors (Lipinski definition) is 1. The average Bonchev–Trinajstić information content (AvgIpc) is 3.81. The van der Waals surface area contributed by atoms with Gasteiger partial charge in [-0.15, -0.1) is 0 Å². The number of benzene rings is 11. The lowest BCUT2D eigenvalue weighted by atomic mass is 9.35. The van der Waals surface area contributed by atoms with Gasteiger partial charge in [-0.1, -0.05) is 207 Å². The Morgan fingerprint density at radius 1 is 0.305 bits per heavy atom. The summed E-state index contributed by atoms with van der Waals surface area (Å²) in [5.41, 5.74) is 21.1. The molecule has 0 spiro atoms. The highest BCUT2D eigenvalue weighted by Gasteiger charge is 2.41. The topological polar surface area (TPSA) is 26.0 Å². The first kappa shape index (κ1) is 33.8. The average molecular weight is 875 g/mol. The van der Waals surface area contributed by atoms with Gasteiger partial charge >= 0.3 is 0 Å². The number of hydrogen-bond donors (Lipinski definition) is 1. The van der Waals surface area contributed by atoms with Gasteiger partial charge in [0, 0.05) is 14.6 Å². The number of nitrogens with two attached hydrogens (primary N) is 1. The lowest BCUT2D eigenvalue weighted by Crippen LogP contribution is -2.56. The van der Waals surface area contributed by atoms with Crippen molar-refractivity contribution in [1.82, 2.24) is 0 Å². The molecule has 0 saturated carbocycles. The summed E-state index contributed by atoms with van der Waals surface area (Å²) in [5.74, 6) is 0. The van der Waals surface area contributed by atoms with E-state index in [1.165, 1.54) is 109 Å². The van der Waals surface area contributed by atoms with E-state index < -0.39 is 0 Å². The monoisotopic (exact) mass is 873 g/mol. The minimum absolute atomic E-state index is 0.0587. The van der Waals surface area contributed by atoms with Crippen molar-refractivity contribution in [1.29, 1.82) is 0 Å². The van der Waals surface area contributed by atoms with Crippen molar-refractivity contribution >= 4 is 148 Å². The van der Waals surface area contributed by atoms with Crippen molar-refractivity contribution in [2.24, 2.45) is 0 Å². The molecule has 2 heterocycles. The minimum Gasteiger partial charge on any atom is -0.400 e. The summed E-state index contributed by atoms with van der Waals surface area (Å²) >= 11 is 8.14. The van der Waals surface area contributed by atoms with Gasteiger partial charge in [-0.05, 0) is 121 Å². The van der Waals surface area contributed by atoms with Crippen molar-refractivity contribution in [2.45, 2.75) is 0 Å². The van der Waals surface area contributed by atoms with E-state index in [1.54, 1.807) is 0 Å². The van der Waals surface area contributed by atoms with Crippen LogP contribution in [0.4, 0.5) is 5.69 Å². The van der Waals surface area contributed by atoms with Crippen LogP contribution in [-0.4, -0.2) is 13.4 Å². The van der Waals surface area contributed by atoms with Crippen LogP contribution in [0.5, 0.6) is 0 Å². The van der Waals surface area contributed by atoms with Gasteiger partial charge in [-0.25, -0.2) is 0 Å². The molecule has 2 aliphatic rings. The lowest BCUT2D eigenvalue weighted by Gasteiger charge is -2.21. The predicted octanol–water partition coefficient (Wildman–Crippen LogP) is 10.7. The van der Waals surface area contributed by atoms with Gasteiger partial charge in [-0.3, -0.25) is 0 Å². The Morgan fingerprint density at radius 3 is 1.02 bits per heavy atom. The number of fused-ring (bicyclic) bond motifs is 20. The van der Waals surface area contributed by atoms with E-state index in [0.29, 0.717) is 0 Å². The van der Waals surface area contributed by atoms with Gasteiger partial charge in [0.15, 0.2) is 0 Å². The predicted molar refractivity (Wildman–Crippen MR) is 264 cm³/mol. The first-order chi connectivity index (χ1) is 29.1. The van der Waals surface area contributed by atoms with Gasteiger partial charge in [-0.2, -0.15) is 0 Å². The van der Waals surface area contributed by atoms with Crippen molar-refractivity contribution in [2.75, 3.05) is 5.73 Å². The third-order valence-corrected chi connectivity index (χ3v) is 14.9. The third kappa shape index (κ3) is 4.47.